The van der Waals surface area contributed by atoms with E-state index in [2.05, 4.69) is 15.6 Å². The summed E-state index contributed by atoms with van der Waals surface area (Å²) in [7, 11) is 0. The normalized spacial score (nSPS) is 10.7. The second-order valence-electron chi connectivity index (χ2n) is 4.57. The third kappa shape index (κ3) is 3.57. The zero-order chi connectivity index (χ0) is 15.2. The van der Waals surface area contributed by atoms with Crippen LogP contribution < -0.4 is 21.9 Å². The quantitative estimate of drug-likeness (QED) is 0.620. The maximum atomic E-state index is 12.2. The maximum absolute atomic E-state index is 12.2. The molecule has 3 N–H and O–H groups in total. The number of amides is 1. The third-order valence-corrected chi connectivity index (χ3v) is 3.07. The van der Waals surface area contributed by atoms with Crippen molar-refractivity contribution >= 4 is 16.8 Å². The molecule has 0 bridgehead atoms. The van der Waals surface area contributed by atoms with Crippen LogP contribution >= 0.6 is 0 Å². The fraction of sp³-hybridized carbons (Fsp3) is 0.357. The van der Waals surface area contributed by atoms with Gasteiger partial charge in [0.2, 0.25) is 5.91 Å². The highest BCUT2D eigenvalue weighted by atomic mass is 16.2. The number of carbonyl (C=O) groups excluding carboxylic acids is 1. The predicted octanol–water partition coefficient (Wildman–Crippen LogP) is -0.584. The predicted molar refractivity (Wildman–Crippen MR) is 80.4 cm³/mol. The number of fused-ring (bicyclic) bond motifs is 1. The van der Waals surface area contributed by atoms with Gasteiger partial charge < -0.3 is 15.6 Å². The Balaban J connectivity index is 2.17. The summed E-state index contributed by atoms with van der Waals surface area (Å²) in [6.07, 6.45) is 0. The van der Waals surface area contributed by atoms with E-state index in [9.17, 15) is 14.4 Å². The van der Waals surface area contributed by atoms with Crippen LogP contribution in [-0.4, -0.2) is 35.1 Å². The molecule has 1 aromatic heterocycles. The molecule has 1 amide bonds. The highest BCUT2D eigenvalue weighted by Gasteiger charge is 2.10. The van der Waals surface area contributed by atoms with Gasteiger partial charge in [-0.15, -0.1) is 0 Å². The number of benzene rings is 1. The van der Waals surface area contributed by atoms with E-state index in [-0.39, 0.29) is 12.5 Å². The Kier molecular flexibility index (Phi) is 4.89. The van der Waals surface area contributed by atoms with Crippen molar-refractivity contribution < 1.29 is 4.79 Å². The van der Waals surface area contributed by atoms with E-state index in [1.165, 1.54) is 0 Å². The monoisotopic (exact) mass is 290 g/mol. The molecule has 21 heavy (non-hydrogen) atoms. The lowest BCUT2D eigenvalue weighted by Gasteiger charge is -2.08. The number of hydrogen-bond acceptors (Lipinski definition) is 4. The zero-order valence-electron chi connectivity index (χ0n) is 11.8. The molecular formula is C14H18N4O3. The number of nitrogens with zero attached hydrogens (tertiary/aromatic N) is 1. The van der Waals surface area contributed by atoms with E-state index >= 15 is 0 Å². The van der Waals surface area contributed by atoms with E-state index in [0.29, 0.717) is 24.0 Å². The van der Waals surface area contributed by atoms with Crippen molar-refractivity contribution in [3.8, 4) is 0 Å². The Labute approximate surface area is 121 Å². The number of carbonyl (C=O) groups is 1. The van der Waals surface area contributed by atoms with Gasteiger partial charge in [-0.25, -0.2) is 4.79 Å². The molecule has 0 spiro atoms. The second-order valence-corrected chi connectivity index (χ2v) is 4.57. The Morgan fingerprint density at radius 1 is 1.24 bits per heavy atom. The first-order chi connectivity index (χ1) is 10.1. The first-order valence-electron chi connectivity index (χ1n) is 6.82. The average Bonchev–Trinajstić information content (AvgIpc) is 2.48. The number of likely N-dealkylation sites (N-methyl/N-ethyl adjacent to an activating group) is 1. The topological polar surface area (TPSA) is 96.0 Å². The molecule has 0 unspecified atom stereocenters. The van der Waals surface area contributed by atoms with Gasteiger partial charge in [0.1, 0.15) is 6.54 Å². The van der Waals surface area contributed by atoms with Crippen LogP contribution in [0.15, 0.2) is 33.9 Å². The molecule has 7 nitrogen and oxygen atoms in total. The minimum atomic E-state index is -0.583. The Bertz CT molecular complexity index is 748. The van der Waals surface area contributed by atoms with Gasteiger partial charge in [0.15, 0.2) is 0 Å². The van der Waals surface area contributed by atoms with E-state index in [1.54, 1.807) is 24.3 Å². The highest BCUT2D eigenvalue weighted by Crippen LogP contribution is 2.02. The zero-order valence-corrected chi connectivity index (χ0v) is 11.8. The van der Waals surface area contributed by atoms with Crippen LogP contribution in [0, 0.1) is 0 Å². The number of nitrogens with one attached hydrogen (secondary N) is 3. The first-order valence-corrected chi connectivity index (χ1v) is 6.82. The Hall–Kier alpha value is -2.41. The SMILES string of the molecule is CCNCCNC(=O)Cn1c(=O)[nH]c2ccccc2c1=O. The summed E-state index contributed by atoms with van der Waals surface area (Å²) in [5.41, 5.74) is -0.576. The van der Waals surface area contributed by atoms with Crippen LogP contribution in [0.1, 0.15) is 6.92 Å². The lowest BCUT2D eigenvalue weighted by Crippen LogP contribution is -2.41. The molecule has 7 heteroatoms. The largest absolute Gasteiger partial charge is 0.353 e. The van der Waals surface area contributed by atoms with Crippen molar-refractivity contribution in [1.82, 2.24) is 20.2 Å². The molecule has 0 saturated heterocycles. The minimum Gasteiger partial charge on any atom is -0.353 e. The number of hydrogen-bond donors (Lipinski definition) is 3. The summed E-state index contributed by atoms with van der Waals surface area (Å²) in [4.78, 5) is 38.5. The summed E-state index contributed by atoms with van der Waals surface area (Å²) in [6.45, 7) is 3.60. The van der Waals surface area contributed by atoms with Crippen LogP contribution in [0.3, 0.4) is 0 Å². The number of aromatic nitrogens is 2. The lowest BCUT2D eigenvalue weighted by atomic mass is 10.2. The molecule has 112 valence electrons. The standard InChI is InChI=1S/C14H18N4O3/c1-2-15-7-8-16-12(19)9-18-13(20)10-5-3-4-6-11(10)17-14(18)21/h3-6,15H,2,7-9H2,1H3,(H,16,19)(H,17,21). The highest BCUT2D eigenvalue weighted by molar-refractivity contribution is 5.78. The van der Waals surface area contributed by atoms with Crippen LogP contribution in [0.25, 0.3) is 10.9 Å². The molecule has 0 aliphatic carbocycles. The van der Waals surface area contributed by atoms with Crippen molar-refractivity contribution in [3.63, 3.8) is 0 Å². The van der Waals surface area contributed by atoms with Gasteiger partial charge in [-0.05, 0) is 18.7 Å². The number of H-pyrrole nitrogens is 1. The van der Waals surface area contributed by atoms with E-state index < -0.39 is 11.2 Å². The van der Waals surface area contributed by atoms with Gasteiger partial charge in [-0.2, -0.15) is 0 Å². The summed E-state index contributed by atoms with van der Waals surface area (Å²) in [5.74, 6) is -0.365. The fourth-order valence-electron chi connectivity index (χ4n) is 2.01. The van der Waals surface area contributed by atoms with Crippen molar-refractivity contribution in [3.05, 3.63) is 45.1 Å². The average molecular weight is 290 g/mol. The fourth-order valence-corrected chi connectivity index (χ4v) is 2.01. The van der Waals surface area contributed by atoms with Crippen LogP contribution in [0.5, 0.6) is 0 Å². The smallest absolute Gasteiger partial charge is 0.329 e. The van der Waals surface area contributed by atoms with E-state index in [0.717, 1.165) is 11.1 Å². The number of aromatic amines is 1. The van der Waals surface area contributed by atoms with Gasteiger partial charge in [0.05, 0.1) is 10.9 Å². The molecule has 2 aromatic rings. The van der Waals surface area contributed by atoms with Crippen molar-refractivity contribution in [2.45, 2.75) is 13.5 Å². The molecule has 0 aliphatic heterocycles. The van der Waals surface area contributed by atoms with Gasteiger partial charge in [-0.1, -0.05) is 19.1 Å². The third-order valence-electron chi connectivity index (χ3n) is 3.07. The van der Waals surface area contributed by atoms with Gasteiger partial charge in [0.25, 0.3) is 5.56 Å². The van der Waals surface area contributed by atoms with Gasteiger partial charge in [0, 0.05) is 13.1 Å². The Morgan fingerprint density at radius 2 is 2.00 bits per heavy atom. The summed E-state index contributed by atoms with van der Waals surface area (Å²) >= 11 is 0. The summed E-state index contributed by atoms with van der Waals surface area (Å²) in [6, 6.07) is 6.71. The van der Waals surface area contributed by atoms with E-state index in [4.69, 9.17) is 0 Å². The van der Waals surface area contributed by atoms with Crippen LogP contribution in [-0.2, 0) is 11.3 Å². The molecule has 0 atom stereocenters. The van der Waals surface area contributed by atoms with Crippen molar-refractivity contribution in [2.75, 3.05) is 19.6 Å². The minimum absolute atomic E-state index is 0.287. The summed E-state index contributed by atoms with van der Waals surface area (Å²) in [5, 5.41) is 6.10. The molecule has 1 aromatic carbocycles. The maximum Gasteiger partial charge on any atom is 0.329 e. The molecular weight excluding hydrogens is 272 g/mol. The number of rotatable bonds is 6. The van der Waals surface area contributed by atoms with E-state index in [1.807, 2.05) is 6.92 Å². The Morgan fingerprint density at radius 3 is 2.76 bits per heavy atom. The van der Waals surface area contributed by atoms with Crippen LogP contribution in [0.2, 0.25) is 0 Å². The van der Waals surface area contributed by atoms with Crippen LogP contribution in [0.4, 0.5) is 0 Å². The van der Waals surface area contributed by atoms with Crippen molar-refractivity contribution in [1.29, 1.82) is 0 Å². The molecule has 2 rings (SSSR count). The second kappa shape index (κ2) is 6.85. The van der Waals surface area contributed by atoms with Gasteiger partial charge in [-0.3, -0.25) is 14.2 Å². The molecule has 1 heterocycles. The molecule has 0 saturated carbocycles. The molecule has 0 fully saturated rings. The molecule has 0 radical (unpaired) electrons. The van der Waals surface area contributed by atoms with Crippen molar-refractivity contribution in [2.24, 2.45) is 0 Å². The number of para-hydroxylation sites is 1. The van der Waals surface area contributed by atoms with Gasteiger partial charge >= 0.3 is 5.69 Å². The molecule has 0 aliphatic rings. The first kappa shape index (κ1) is 15.0. The lowest BCUT2D eigenvalue weighted by molar-refractivity contribution is -0.121. The summed E-state index contributed by atoms with van der Waals surface area (Å²) < 4.78 is 0.908.